The Morgan fingerprint density at radius 2 is 2.09 bits per heavy atom. The van der Waals surface area contributed by atoms with Crippen LogP contribution >= 0.6 is 11.6 Å². The van der Waals surface area contributed by atoms with Crippen LogP contribution in [-0.2, 0) is 26.7 Å². The van der Waals surface area contributed by atoms with Crippen molar-refractivity contribution in [2.75, 3.05) is 19.6 Å². The van der Waals surface area contributed by atoms with Crippen molar-refractivity contribution >= 4 is 11.6 Å². The quantitative estimate of drug-likeness (QED) is 0.911. The van der Waals surface area contributed by atoms with E-state index in [-0.39, 0.29) is 0 Å². The molecular formula is C15H22ClN7. The van der Waals surface area contributed by atoms with E-state index in [2.05, 4.69) is 30.1 Å². The number of piperidine rings is 1. The molecule has 0 saturated carbocycles. The third kappa shape index (κ3) is 2.88. The first kappa shape index (κ1) is 15.1. The van der Waals surface area contributed by atoms with Crippen LogP contribution in [0.25, 0.3) is 0 Å². The van der Waals surface area contributed by atoms with E-state index in [1.807, 2.05) is 11.7 Å². The molecule has 23 heavy (non-hydrogen) atoms. The Hall–Kier alpha value is -1.44. The number of halogens is 1. The molecule has 0 atom stereocenters. The normalized spacial score (nSPS) is 19.9. The van der Waals surface area contributed by atoms with E-state index in [0.29, 0.717) is 5.92 Å². The van der Waals surface area contributed by atoms with Crippen molar-refractivity contribution in [3.05, 3.63) is 28.6 Å². The van der Waals surface area contributed by atoms with E-state index in [4.69, 9.17) is 11.6 Å². The number of hydrogen-bond acceptors (Lipinski definition) is 5. The molecule has 2 aliphatic rings. The summed E-state index contributed by atoms with van der Waals surface area (Å²) in [6.07, 6.45) is 3.97. The molecule has 0 unspecified atom stereocenters. The zero-order chi connectivity index (χ0) is 15.8. The average molecular weight is 336 g/mol. The Labute approximate surface area is 140 Å². The number of nitrogens with zero attached hydrogens (tertiary/aromatic N) is 6. The number of likely N-dealkylation sites (tertiary alicyclic amines) is 1. The van der Waals surface area contributed by atoms with Crippen molar-refractivity contribution in [3.63, 3.8) is 0 Å². The molecule has 2 aromatic rings. The molecule has 8 heteroatoms. The van der Waals surface area contributed by atoms with Gasteiger partial charge in [-0.2, -0.15) is 5.10 Å². The predicted octanol–water partition coefficient (Wildman–Crippen LogP) is 1.15. The van der Waals surface area contributed by atoms with Crippen LogP contribution in [0.5, 0.6) is 0 Å². The summed E-state index contributed by atoms with van der Waals surface area (Å²) in [4.78, 5) is 2.45. The molecule has 1 N–H and O–H groups in total. The summed E-state index contributed by atoms with van der Waals surface area (Å²) in [7, 11) is 1.95. The largest absolute Gasteiger partial charge is 0.312 e. The summed E-state index contributed by atoms with van der Waals surface area (Å²) < 4.78 is 4.19. The third-order valence-electron chi connectivity index (χ3n) is 4.99. The zero-order valence-electron chi connectivity index (χ0n) is 13.4. The van der Waals surface area contributed by atoms with E-state index in [1.165, 1.54) is 5.82 Å². The number of hydrogen-bond donors (Lipinski definition) is 1. The molecule has 4 rings (SSSR count). The molecule has 0 amide bonds. The lowest BCUT2D eigenvalue weighted by atomic mass is 9.95. The lowest BCUT2D eigenvalue weighted by Gasteiger charge is -2.32. The summed E-state index contributed by atoms with van der Waals surface area (Å²) in [6, 6.07) is 0. The molecule has 0 aliphatic carbocycles. The van der Waals surface area contributed by atoms with Gasteiger partial charge >= 0.3 is 0 Å². The second-order valence-electron chi connectivity index (χ2n) is 6.42. The van der Waals surface area contributed by atoms with Gasteiger partial charge in [0.05, 0.1) is 23.5 Å². The van der Waals surface area contributed by atoms with Gasteiger partial charge in [-0.05, 0) is 25.9 Å². The molecule has 2 aliphatic heterocycles. The summed E-state index contributed by atoms with van der Waals surface area (Å²) >= 11 is 6.22. The van der Waals surface area contributed by atoms with E-state index in [0.717, 1.165) is 68.7 Å². The third-order valence-corrected chi connectivity index (χ3v) is 5.30. The maximum Gasteiger partial charge on any atom is 0.147 e. The van der Waals surface area contributed by atoms with Crippen LogP contribution in [0, 0.1) is 0 Å². The molecule has 0 aromatic carbocycles. The van der Waals surface area contributed by atoms with Gasteiger partial charge in [0.2, 0.25) is 0 Å². The zero-order valence-corrected chi connectivity index (χ0v) is 14.1. The first-order chi connectivity index (χ1) is 11.2. The Morgan fingerprint density at radius 3 is 2.83 bits per heavy atom. The van der Waals surface area contributed by atoms with Crippen LogP contribution in [0.2, 0.25) is 5.02 Å². The fraction of sp³-hybridized carbons (Fsp3) is 0.667. The fourth-order valence-corrected chi connectivity index (χ4v) is 3.82. The lowest BCUT2D eigenvalue weighted by Crippen LogP contribution is -2.35. The van der Waals surface area contributed by atoms with Crippen molar-refractivity contribution in [2.45, 2.75) is 38.4 Å². The van der Waals surface area contributed by atoms with E-state index in [1.54, 1.807) is 6.20 Å². The number of nitrogens with one attached hydrogen (secondary N) is 1. The number of aryl methyl sites for hydroxylation is 1. The highest BCUT2D eigenvalue weighted by Gasteiger charge is 2.27. The van der Waals surface area contributed by atoms with Gasteiger partial charge in [-0.25, -0.2) is 0 Å². The van der Waals surface area contributed by atoms with E-state index >= 15 is 0 Å². The molecule has 124 valence electrons. The van der Waals surface area contributed by atoms with E-state index in [9.17, 15) is 0 Å². The maximum atomic E-state index is 6.22. The number of aromatic nitrogens is 5. The smallest absolute Gasteiger partial charge is 0.147 e. The second kappa shape index (κ2) is 6.22. The van der Waals surface area contributed by atoms with Crippen molar-refractivity contribution < 1.29 is 0 Å². The van der Waals surface area contributed by atoms with Gasteiger partial charge < -0.3 is 9.88 Å². The van der Waals surface area contributed by atoms with Crippen molar-refractivity contribution in [1.82, 2.24) is 34.8 Å². The molecular weight excluding hydrogens is 314 g/mol. The van der Waals surface area contributed by atoms with Gasteiger partial charge in [0.1, 0.15) is 11.6 Å². The summed E-state index contributed by atoms with van der Waals surface area (Å²) in [5.41, 5.74) is 1.09. The fourth-order valence-electron chi connectivity index (χ4n) is 3.59. The average Bonchev–Trinajstić information content (AvgIpc) is 3.14. The summed E-state index contributed by atoms with van der Waals surface area (Å²) in [5.74, 6) is 2.78. The first-order valence-electron chi connectivity index (χ1n) is 8.24. The summed E-state index contributed by atoms with van der Waals surface area (Å²) in [6.45, 7) is 5.83. The van der Waals surface area contributed by atoms with Gasteiger partial charge in [0, 0.05) is 32.6 Å². The summed E-state index contributed by atoms with van der Waals surface area (Å²) in [5, 5.41) is 17.1. The van der Waals surface area contributed by atoms with Crippen LogP contribution in [0.1, 0.15) is 36.1 Å². The molecule has 7 nitrogen and oxygen atoms in total. The lowest BCUT2D eigenvalue weighted by molar-refractivity contribution is 0.195. The highest BCUT2D eigenvalue weighted by molar-refractivity contribution is 6.31. The Kier molecular flexibility index (Phi) is 4.09. The maximum absolute atomic E-state index is 6.22. The molecule has 0 bridgehead atoms. The van der Waals surface area contributed by atoms with Gasteiger partial charge in [-0.15, -0.1) is 10.2 Å². The van der Waals surface area contributed by atoms with E-state index < -0.39 is 0 Å². The van der Waals surface area contributed by atoms with Crippen LogP contribution in [-0.4, -0.2) is 49.1 Å². The Morgan fingerprint density at radius 1 is 1.26 bits per heavy atom. The highest BCUT2D eigenvalue weighted by Crippen LogP contribution is 2.29. The molecule has 0 spiro atoms. The number of fused-ring (bicyclic) bond motifs is 1. The van der Waals surface area contributed by atoms with Gasteiger partial charge in [0.15, 0.2) is 0 Å². The molecule has 1 fully saturated rings. The second-order valence-corrected chi connectivity index (χ2v) is 6.82. The van der Waals surface area contributed by atoms with Crippen LogP contribution < -0.4 is 5.32 Å². The number of rotatable bonds is 3. The van der Waals surface area contributed by atoms with Gasteiger partial charge in [0.25, 0.3) is 0 Å². The van der Waals surface area contributed by atoms with Crippen molar-refractivity contribution in [1.29, 1.82) is 0 Å². The SMILES string of the molecule is Cn1ncc(Cl)c1CN1CCC(c2nnc3n2CCNC3)CC1. The minimum Gasteiger partial charge on any atom is -0.312 e. The first-order valence-corrected chi connectivity index (χ1v) is 8.61. The molecule has 2 aromatic heterocycles. The van der Waals surface area contributed by atoms with Crippen LogP contribution in [0.3, 0.4) is 0 Å². The van der Waals surface area contributed by atoms with Crippen LogP contribution in [0.15, 0.2) is 6.20 Å². The van der Waals surface area contributed by atoms with Crippen LogP contribution in [0.4, 0.5) is 0 Å². The Balaban J connectivity index is 1.40. The van der Waals surface area contributed by atoms with Crippen molar-refractivity contribution in [2.24, 2.45) is 7.05 Å². The standard InChI is InChI=1S/C15H22ClN7/c1-21-13(12(16)8-18-21)10-22-5-2-11(3-6-22)15-20-19-14-9-17-4-7-23(14)15/h8,11,17H,2-7,9-10H2,1H3. The topological polar surface area (TPSA) is 63.8 Å². The van der Waals surface area contributed by atoms with Gasteiger partial charge in [-0.3, -0.25) is 9.58 Å². The van der Waals surface area contributed by atoms with Crippen molar-refractivity contribution in [3.8, 4) is 0 Å². The molecule has 0 radical (unpaired) electrons. The minimum atomic E-state index is 0.521. The van der Waals surface area contributed by atoms with Gasteiger partial charge in [-0.1, -0.05) is 11.6 Å². The monoisotopic (exact) mass is 335 g/mol. The highest BCUT2D eigenvalue weighted by atomic mass is 35.5. The molecule has 1 saturated heterocycles. The predicted molar refractivity (Wildman–Crippen MR) is 87.2 cm³/mol. The molecule has 4 heterocycles. The Bertz CT molecular complexity index is 665. The minimum absolute atomic E-state index is 0.521.